The van der Waals surface area contributed by atoms with Crippen molar-refractivity contribution in [1.29, 1.82) is 0 Å². The molecule has 2 fully saturated rings. The number of carbonyl (C=O) groups excluding carboxylic acids is 2. The number of hydrogen-bond acceptors (Lipinski definition) is 4. The summed E-state index contributed by atoms with van der Waals surface area (Å²) in [4.78, 5) is 23.3. The summed E-state index contributed by atoms with van der Waals surface area (Å²) >= 11 is 0. The lowest BCUT2D eigenvalue weighted by Gasteiger charge is -2.55. The van der Waals surface area contributed by atoms with Crippen molar-refractivity contribution in [3.05, 3.63) is 12.2 Å². The van der Waals surface area contributed by atoms with Crippen LogP contribution in [0.2, 0.25) is 0 Å². The van der Waals surface area contributed by atoms with E-state index >= 15 is 0 Å². The lowest BCUT2D eigenvalue weighted by atomic mass is 9.90. The van der Waals surface area contributed by atoms with Crippen LogP contribution in [0, 0.1) is 11.8 Å². The number of methoxy groups -OCH3 is 2. The minimum Gasteiger partial charge on any atom is -0.452 e. The van der Waals surface area contributed by atoms with Crippen LogP contribution in [-0.4, -0.2) is 48.5 Å². The molecule has 92 valence electrons. The Labute approximate surface area is 98.7 Å². The van der Waals surface area contributed by atoms with Crippen molar-refractivity contribution in [3.63, 3.8) is 0 Å². The van der Waals surface area contributed by atoms with E-state index in [9.17, 15) is 9.59 Å². The smallest absolute Gasteiger partial charge is 0.429 e. The molecule has 4 atom stereocenters. The first-order valence-corrected chi connectivity index (χ1v) is 5.61. The maximum atomic E-state index is 11.7. The molecular weight excluding hydrogens is 224 g/mol. The number of rotatable bonds is 0. The van der Waals surface area contributed by atoms with Crippen LogP contribution in [0.5, 0.6) is 0 Å². The first kappa shape index (κ1) is 10.4. The average Bonchev–Trinajstić information content (AvgIpc) is 2.86. The molecule has 3 rings (SSSR count). The first-order valence-electron chi connectivity index (χ1n) is 5.61. The lowest BCUT2D eigenvalue weighted by molar-refractivity contribution is -0.163. The fourth-order valence-corrected chi connectivity index (χ4v) is 3.25. The van der Waals surface area contributed by atoms with Gasteiger partial charge in [-0.3, -0.25) is 0 Å². The Kier molecular flexibility index (Phi) is 2.08. The maximum Gasteiger partial charge on any atom is 0.429 e. The molecule has 0 radical (unpaired) electrons. The SMILES string of the molecule is COC(=O)N1C2C3C=CC(C3)C2N1C(=O)OC. The zero-order valence-electron chi connectivity index (χ0n) is 9.70. The van der Waals surface area contributed by atoms with Gasteiger partial charge in [0, 0.05) is 11.8 Å². The van der Waals surface area contributed by atoms with Gasteiger partial charge in [-0.05, 0) is 6.42 Å². The molecule has 0 N–H and O–H groups in total. The number of amides is 2. The van der Waals surface area contributed by atoms with Crippen LogP contribution >= 0.6 is 0 Å². The van der Waals surface area contributed by atoms with E-state index < -0.39 is 12.2 Å². The quantitative estimate of drug-likeness (QED) is 0.591. The molecule has 1 saturated carbocycles. The maximum absolute atomic E-state index is 11.7. The van der Waals surface area contributed by atoms with Crippen molar-refractivity contribution in [1.82, 2.24) is 10.0 Å². The largest absolute Gasteiger partial charge is 0.452 e. The molecule has 2 amide bonds. The fraction of sp³-hybridized carbons (Fsp3) is 0.636. The molecule has 2 aliphatic carbocycles. The van der Waals surface area contributed by atoms with Crippen molar-refractivity contribution in [2.24, 2.45) is 11.8 Å². The van der Waals surface area contributed by atoms with E-state index in [0.29, 0.717) is 11.8 Å². The molecule has 1 saturated heterocycles. The van der Waals surface area contributed by atoms with Gasteiger partial charge in [0.05, 0.1) is 26.3 Å². The molecular formula is C11H14N2O4. The van der Waals surface area contributed by atoms with Gasteiger partial charge in [0.2, 0.25) is 0 Å². The summed E-state index contributed by atoms with van der Waals surface area (Å²) in [7, 11) is 2.63. The molecule has 2 bridgehead atoms. The number of ether oxygens (including phenoxy) is 2. The van der Waals surface area contributed by atoms with Crippen molar-refractivity contribution in [2.75, 3.05) is 14.2 Å². The highest BCUT2D eigenvalue weighted by Crippen LogP contribution is 2.51. The number of carbonyl (C=O) groups is 2. The van der Waals surface area contributed by atoms with E-state index in [4.69, 9.17) is 9.47 Å². The monoisotopic (exact) mass is 238 g/mol. The molecule has 1 heterocycles. The van der Waals surface area contributed by atoms with Crippen LogP contribution in [0.25, 0.3) is 0 Å². The Morgan fingerprint density at radius 3 is 1.76 bits per heavy atom. The van der Waals surface area contributed by atoms with Crippen LogP contribution < -0.4 is 0 Å². The normalized spacial score (nSPS) is 36.6. The summed E-state index contributed by atoms with van der Waals surface area (Å²) in [5.74, 6) is 0.676. The number of fused-ring (bicyclic) bond motifs is 5. The fourth-order valence-electron chi connectivity index (χ4n) is 3.25. The molecule has 0 aromatic rings. The highest BCUT2D eigenvalue weighted by atomic mass is 16.6. The lowest BCUT2D eigenvalue weighted by Crippen LogP contribution is -2.75. The molecule has 3 aliphatic rings. The van der Waals surface area contributed by atoms with Gasteiger partial charge in [0.1, 0.15) is 0 Å². The van der Waals surface area contributed by atoms with Gasteiger partial charge in [-0.2, -0.15) is 0 Å². The van der Waals surface area contributed by atoms with Crippen LogP contribution in [0.1, 0.15) is 6.42 Å². The Morgan fingerprint density at radius 2 is 1.41 bits per heavy atom. The third-order valence-electron chi connectivity index (χ3n) is 3.90. The Bertz CT molecular complexity index is 372. The third-order valence-corrected chi connectivity index (χ3v) is 3.90. The molecule has 6 nitrogen and oxygen atoms in total. The average molecular weight is 238 g/mol. The molecule has 0 aromatic carbocycles. The summed E-state index contributed by atoms with van der Waals surface area (Å²) in [5, 5.41) is 2.76. The van der Waals surface area contributed by atoms with Crippen molar-refractivity contribution in [3.8, 4) is 0 Å². The van der Waals surface area contributed by atoms with Gasteiger partial charge in [-0.15, -0.1) is 0 Å². The van der Waals surface area contributed by atoms with Gasteiger partial charge in [-0.25, -0.2) is 19.6 Å². The Balaban J connectivity index is 1.89. The Hall–Kier alpha value is -1.72. The summed E-state index contributed by atoms with van der Waals surface area (Å²) in [6.07, 6.45) is 4.23. The van der Waals surface area contributed by atoms with Crippen LogP contribution in [0.4, 0.5) is 9.59 Å². The number of hydrazine groups is 1. The van der Waals surface area contributed by atoms with E-state index in [-0.39, 0.29) is 12.1 Å². The van der Waals surface area contributed by atoms with E-state index in [1.165, 1.54) is 24.2 Å². The zero-order chi connectivity index (χ0) is 12.2. The van der Waals surface area contributed by atoms with Gasteiger partial charge < -0.3 is 9.47 Å². The zero-order valence-corrected chi connectivity index (χ0v) is 9.70. The van der Waals surface area contributed by atoms with Gasteiger partial charge in [0.15, 0.2) is 0 Å². The predicted molar refractivity (Wildman–Crippen MR) is 56.8 cm³/mol. The van der Waals surface area contributed by atoms with Gasteiger partial charge in [-0.1, -0.05) is 12.2 Å². The molecule has 4 unspecified atom stereocenters. The minimum atomic E-state index is -0.502. The van der Waals surface area contributed by atoms with Crippen LogP contribution in [0.15, 0.2) is 12.2 Å². The standard InChI is InChI=1S/C11H14N2O4/c1-16-10(14)12-8-6-3-4-7(5-6)9(8)13(12)11(15)17-2/h3-4,6-9H,5H2,1-2H3. The summed E-state index contributed by atoms with van der Waals surface area (Å²) < 4.78 is 9.42. The van der Waals surface area contributed by atoms with E-state index in [1.807, 2.05) is 0 Å². The second kappa shape index (κ2) is 3.38. The number of nitrogens with zero attached hydrogens (tertiary/aromatic N) is 2. The number of hydrogen-bond donors (Lipinski definition) is 0. The van der Waals surface area contributed by atoms with Crippen LogP contribution in [0.3, 0.4) is 0 Å². The summed E-state index contributed by atoms with van der Waals surface area (Å²) in [6.45, 7) is 0. The molecule has 1 aliphatic heterocycles. The second-order valence-corrected chi connectivity index (χ2v) is 4.56. The summed E-state index contributed by atoms with van der Waals surface area (Å²) in [5.41, 5.74) is 0. The van der Waals surface area contributed by atoms with Crippen molar-refractivity contribution < 1.29 is 19.1 Å². The third kappa shape index (κ3) is 1.15. The van der Waals surface area contributed by atoms with Crippen molar-refractivity contribution in [2.45, 2.75) is 18.5 Å². The summed E-state index contributed by atoms with van der Waals surface area (Å²) in [6, 6.07) is 0.105. The molecule has 0 aromatic heterocycles. The Morgan fingerprint density at radius 1 is 1.00 bits per heavy atom. The van der Waals surface area contributed by atoms with Gasteiger partial charge in [0.25, 0.3) is 0 Å². The molecule has 0 spiro atoms. The minimum absolute atomic E-state index is 0.0524. The van der Waals surface area contributed by atoms with E-state index in [1.54, 1.807) is 0 Å². The highest BCUT2D eigenvalue weighted by Gasteiger charge is 2.64. The van der Waals surface area contributed by atoms with Crippen LogP contribution in [-0.2, 0) is 9.47 Å². The van der Waals surface area contributed by atoms with Crippen molar-refractivity contribution >= 4 is 12.2 Å². The topological polar surface area (TPSA) is 59.1 Å². The highest BCUT2D eigenvalue weighted by molar-refractivity contribution is 5.77. The predicted octanol–water partition coefficient (Wildman–Crippen LogP) is 0.995. The van der Waals surface area contributed by atoms with E-state index in [2.05, 4.69) is 12.2 Å². The molecule has 17 heavy (non-hydrogen) atoms. The second-order valence-electron chi connectivity index (χ2n) is 4.56. The van der Waals surface area contributed by atoms with E-state index in [0.717, 1.165) is 6.42 Å². The first-order chi connectivity index (χ1) is 8.19. The molecule has 6 heteroatoms. The van der Waals surface area contributed by atoms with Gasteiger partial charge >= 0.3 is 12.2 Å².